The summed E-state index contributed by atoms with van der Waals surface area (Å²) in [4.78, 5) is 4.21. The fraction of sp³-hybridized carbons (Fsp3) is 0.417. The number of nitrogens with two attached hydrogens (primary N) is 1. The number of fused-ring (bicyclic) bond motifs is 1. The van der Waals surface area contributed by atoms with Gasteiger partial charge in [0.25, 0.3) is 0 Å². The first-order valence-electron chi connectivity index (χ1n) is 5.29. The highest BCUT2D eigenvalue weighted by Gasteiger charge is 2.18. The van der Waals surface area contributed by atoms with E-state index in [1.165, 1.54) is 12.3 Å². The van der Waals surface area contributed by atoms with Crippen molar-refractivity contribution in [2.45, 2.75) is 27.2 Å². The Morgan fingerprint density at radius 3 is 2.69 bits per heavy atom. The molecule has 0 aromatic carbocycles. The fourth-order valence-corrected chi connectivity index (χ4v) is 1.76. The Balaban J connectivity index is 2.58. The number of anilines is 1. The summed E-state index contributed by atoms with van der Waals surface area (Å²) in [6.07, 6.45) is 2.20. The van der Waals surface area contributed by atoms with Crippen LogP contribution in [0.2, 0.25) is 0 Å². The summed E-state index contributed by atoms with van der Waals surface area (Å²) >= 11 is 0. The van der Waals surface area contributed by atoms with E-state index in [1.807, 2.05) is 0 Å². The van der Waals surface area contributed by atoms with Crippen molar-refractivity contribution in [2.24, 2.45) is 5.41 Å². The first-order valence-corrected chi connectivity index (χ1v) is 5.29. The Labute approximate surface area is 94.1 Å². The van der Waals surface area contributed by atoms with Crippen LogP contribution in [-0.2, 0) is 6.42 Å². The third-order valence-electron chi connectivity index (χ3n) is 2.41. The van der Waals surface area contributed by atoms with E-state index in [9.17, 15) is 4.39 Å². The summed E-state index contributed by atoms with van der Waals surface area (Å²) in [6, 6.07) is 3.03. The molecule has 2 N–H and O–H groups in total. The van der Waals surface area contributed by atoms with Gasteiger partial charge in [0.2, 0.25) is 0 Å². The normalized spacial score (nSPS) is 12.2. The largest absolute Gasteiger partial charge is 0.382 e. The predicted octanol–water partition coefficient (Wildman–Crippen LogP) is 2.64. The molecule has 2 heterocycles. The van der Waals surface area contributed by atoms with Crippen LogP contribution in [0.15, 0.2) is 18.3 Å². The lowest BCUT2D eigenvalue weighted by molar-refractivity contribution is 0.405. The quantitative estimate of drug-likeness (QED) is 0.804. The Morgan fingerprint density at radius 2 is 2.06 bits per heavy atom. The zero-order chi connectivity index (χ0) is 11.9. The third kappa shape index (κ3) is 2.01. The highest BCUT2D eigenvalue weighted by atomic mass is 19.1. The molecule has 0 saturated heterocycles. The number of halogens is 1. The van der Waals surface area contributed by atoms with Crippen LogP contribution in [0.5, 0.6) is 0 Å². The van der Waals surface area contributed by atoms with Gasteiger partial charge in [-0.2, -0.15) is 0 Å². The average molecular weight is 221 g/mol. The lowest BCUT2D eigenvalue weighted by Gasteiger charge is -2.17. The number of hydrogen-bond acceptors (Lipinski definition) is 2. The number of aromatic nitrogens is 2. The molecule has 0 saturated carbocycles. The van der Waals surface area contributed by atoms with E-state index >= 15 is 0 Å². The number of imidazole rings is 1. The summed E-state index contributed by atoms with van der Waals surface area (Å²) in [6.45, 7) is 6.35. The van der Waals surface area contributed by atoms with Gasteiger partial charge in [-0.05, 0) is 24.0 Å². The minimum absolute atomic E-state index is 0.0937. The molecule has 2 rings (SSSR count). The van der Waals surface area contributed by atoms with Gasteiger partial charge in [0.15, 0.2) is 0 Å². The van der Waals surface area contributed by atoms with Crippen LogP contribution in [0.25, 0.3) is 5.65 Å². The van der Waals surface area contributed by atoms with Crippen molar-refractivity contribution < 1.29 is 4.39 Å². The zero-order valence-corrected chi connectivity index (χ0v) is 9.79. The second kappa shape index (κ2) is 3.47. The Morgan fingerprint density at radius 1 is 1.38 bits per heavy atom. The van der Waals surface area contributed by atoms with Crippen LogP contribution in [-0.4, -0.2) is 9.38 Å². The van der Waals surface area contributed by atoms with Gasteiger partial charge in [0.05, 0.1) is 5.69 Å². The van der Waals surface area contributed by atoms with E-state index < -0.39 is 0 Å². The maximum absolute atomic E-state index is 13.2. The first-order chi connectivity index (χ1) is 7.37. The van der Waals surface area contributed by atoms with Crippen molar-refractivity contribution in [1.29, 1.82) is 0 Å². The second-order valence-corrected chi connectivity index (χ2v) is 5.26. The fourth-order valence-electron chi connectivity index (χ4n) is 1.76. The molecule has 0 unspecified atom stereocenters. The van der Waals surface area contributed by atoms with Crippen LogP contribution in [0.3, 0.4) is 0 Å². The number of pyridine rings is 1. The van der Waals surface area contributed by atoms with Crippen LogP contribution < -0.4 is 5.73 Å². The maximum atomic E-state index is 13.2. The minimum Gasteiger partial charge on any atom is -0.382 e. The second-order valence-electron chi connectivity index (χ2n) is 5.26. The van der Waals surface area contributed by atoms with Gasteiger partial charge in [-0.3, -0.25) is 4.40 Å². The smallest absolute Gasteiger partial charge is 0.145 e. The van der Waals surface area contributed by atoms with Crippen molar-refractivity contribution in [3.63, 3.8) is 0 Å². The van der Waals surface area contributed by atoms with Crippen molar-refractivity contribution in [2.75, 3.05) is 5.73 Å². The molecule has 16 heavy (non-hydrogen) atoms. The minimum atomic E-state index is -0.278. The Hall–Kier alpha value is -1.58. The van der Waals surface area contributed by atoms with Crippen LogP contribution in [0.1, 0.15) is 26.5 Å². The molecule has 2 aromatic rings. The molecule has 0 aliphatic rings. The molecule has 0 fully saturated rings. The molecule has 2 aromatic heterocycles. The summed E-state index contributed by atoms with van der Waals surface area (Å²) in [5, 5.41) is 0. The van der Waals surface area contributed by atoms with Gasteiger partial charge in [-0.25, -0.2) is 9.37 Å². The number of hydrogen-bond donors (Lipinski definition) is 1. The molecule has 0 amide bonds. The molecule has 0 aliphatic heterocycles. The summed E-state index contributed by atoms with van der Waals surface area (Å²) in [5.74, 6) is 0.209. The van der Waals surface area contributed by atoms with Gasteiger partial charge in [-0.1, -0.05) is 20.8 Å². The molecular weight excluding hydrogens is 205 g/mol. The summed E-state index contributed by atoms with van der Waals surface area (Å²) in [7, 11) is 0. The molecule has 0 aliphatic carbocycles. The van der Waals surface area contributed by atoms with Crippen molar-refractivity contribution >= 4 is 11.5 Å². The van der Waals surface area contributed by atoms with E-state index in [4.69, 9.17) is 5.73 Å². The van der Waals surface area contributed by atoms with Gasteiger partial charge >= 0.3 is 0 Å². The van der Waals surface area contributed by atoms with E-state index in [-0.39, 0.29) is 11.2 Å². The molecule has 4 heteroatoms. The third-order valence-corrected chi connectivity index (χ3v) is 2.41. The zero-order valence-electron chi connectivity index (χ0n) is 9.79. The van der Waals surface area contributed by atoms with Crippen LogP contribution in [0, 0.1) is 11.2 Å². The topological polar surface area (TPSA) is 43.3 Å². The monoisotopic (exact) mass is 221 g/mol. The summed E-state index contributed by atoms with van der Waals surface area (Å²) < 4.78 is 14.9. The van der Waals surface area contributed by atoms with Gasteiger partial charge < -0.3 is 5.73 Å². The van der Waals surface area contributed by atoms with Gasteiger partial charge in [0, 0.05) is 6.20 Å². The highest BCUT2D eigenvalue weighted by Crippen LogP contribution is 2.25. The lowest BCUT2D eigenvalue weighted by atomic mass is 9.90. The van der Waals surface area contributed by atoms with Crippen molar-refractivity contribution in [1.82, 2.24) is 9.38 Å². The van der Waals surface area contributed by atoms with E-state index in [0.29, 0.717) is 11.5 Å². The van der Waals surface area contributed by atoms with Gasteiger partial charge in [-0.15, -0.1) is 0 Å². The molecular formula is C12H16FN3. The number of nitrogens with zero attached hydrogens (tertiary/aromatic N) is 2. The maximum Gasteiger partial charge on any atom is 0.145 e. The Kier molecular flexibility index (Phi) is 2.37. The average Bonchev–Trinajstić information content (AvgIpc) is 2.42. The Bertz CT molecular complexity index is 523. The van der Waals surface area contributed by atoms with E-state index in [1.54, 1.807) is 10.5 Å². The first kappa shape index (κ1) is 10.9. The molecule has 0 radical (unpaired) electrons. The SMILES string of the molecule is CC(C)(C)Cc1c(N)nc2ccc(F)cn12. The van der Waals surface area contributed by atoms with Crippen molar-refractivity contribution in [3.8, 4) is 0 Å². The van der Waals surface area contributed by atoms with Crippen LogP contribution >= 0.6 is 0 Å². The standard InChI is InChI=1S/C12H16FN3/c1-12(2,3)6-9-11(14)15-10-5-4-8(13)7-16(9)10/h4-5,7H,6,14H2,1-3H3. The van der Waals surface area contributed by atoms with Crippen LogP contribution in [0.4, 0.5) is 10.2 Å². The summed E-state index contributed by atoms with van der Waals surface area (Å²) in [5.41, 5.74) is 7.52. The van der Waals surface area contributed by atoms with E-state index in [0.717, 1.165) is 12.1 Å². The predicted molar refractivity (Wildman–Crippen MR) is 62.7 cm³/mol. The molecule has 0 atom stereocenters. The lowest BCUT2D eigenvalue weighted by Crippen LogP contribution is -2.12. The number of rotatable bonds is 1. The van der Waals surface area contributed by atoms with E-state index in [2.05, 4.69) is 25.8 Å². The number of nitrogen functional groups attached to an aromatic ring is 1. The molecule has 0 spiro atoms. The molecule has 3 nitrogen and oxygen atoms in total. The molecule has 0 bridgehead atoms. The highest BCUT2D eigenvalue weighted by molar-refractivity contribution is 5.52. The van der Waals surface area contributed by atoms with Crippen molar-refractivity contribution in [3.05, 3.63) is 29.8 Å². The van der Waals surface area contributed by atoms with Gasteiger partial charge in [0.1, 0.15) is 17.3 Å². The molecule has 86 valence electrons.